The number of rotatable bonds is 3. The number of aliphatic hydroxyl groups is 1. The molecule has 0 fully saturated rings. The van der Waals surface area contributed by atoms with E-state index in [9.17, 15) is 9.90 Å². The van der Waals surface area contributed by atoms with Crippen molar-refractivity contribution in [3.8, 4) is 5.75 Å². The van der Waals surface area contributed by atoms with Gasteiger partial charge in [-0.05, 0) is 6.92 Å². The summed E-state index contributed by atoms with van der Waals surface area (Å²) < 4.78 is 0. The van der Waals surface area contributed by atoms with Gasteiger partial charge in [0.1, 0.15) is 5.75 Å². The zero-order valence-corrected chi connectivity index (χ0v) is 7.48. The van der Waals surface area contributed by atoms with E-state index in [1.54, 1.807) is 5.48 Å². The van der Waals surface area contributed by atoms with Gasteiger partial charge in [-0.25, -0.2) is 4.98 Å². The Morgan fingerprint density at radius 2 is 2.21 bits per heavy atom. The zero-order valence-electron chi connectivity index (χ0n) is 7.48. The third-order valence-electron chi connectivity index (χ3n) is 1.87. The zero-order chi connectivity index (χ0) is 10.7. The predicted octanol–water partition coefficient (Wildman–Crippen LogP) is 0.202. The molecule has 0 saturated heterocycles. The van der Waals surface area contributed by atoms with Crippen molar-refractivity contribution in [1.29, 1.82) is 0 Å². The minimum Gasteiger partial charge on any atom is -0.505 e. The van der Waals surface area contributed by atoms with Crippen molar-refractivity contribution in [1.82, 2.24) is 4.98 Å². The molecule has 0 radical (unpaired) electrons. The maximum atomic E-state index is 10.6. The second kappa shape index (κ2) is 4.03. The van der Waals surface area contributed by atoms with Crippen molar-refractivity contribution in [2.45, 2.75) is 13.5 Å². The van der Waals surface area contributed by atoms with E-state index in [0.29, 0.717) is 6.29 Å². The van der Waals surface area contributed by atoms with E-state index in [1.807, 2.05) is 0 Å². The molecule has 14 heavy (non-hydrogen) atoms. The molecule has 0 bridgehead atoms. The number of aryl methyl sites for hydroxylation is 1. The highest BCUT2D eigenvalue weighted by Crippen LogP contribution is 2.27. The number of aldehydes is 1. The smallest absolute Gasteiger partial charge is 0.156 e. The standard InChI is InChI=1S/C8H10N2O4/c1-4-7(13)5(2-11)6(3-12)8(9-4)10-14/h2,12-14H,3H2,1H3,(H,9,10). The Kier molecular flexibility index (Phi) is 3.00. The fraction of sp³-hybridized carbons (Fsp3) is 0.250. The van der Waals surface area contributed by atoms with Crippen LogP contribution in [0.3, 0.4) is 0 Å². The molecule has 76 valence electrons. The molecule has 6 nitrogen and oxygen atoms in total. The molecule has 1 aromatic rings. The Hall–Kier alpha value is -1.66. The molecule has 4 N–H and O–H groups in total. The summed E-state index contributed by atoms with van der Waals surface area (Å²) in [4.78, 5) is 14.4. The van der Waals surface area contributed by atoms with Crippen LogP contribution < -0.4 is 5.48 Å². The molecule has 0 amide bonds. The summed E-state index contributed by atoms with van der Waals surface area (Å²) >= 11 is 0. The summed E-state index contributed by atoms with van der Waals surface area (Å²) in [5.41, 5.74) is 1.93. The summed E-state index contributed by atoms with van der Waals surface area (Å²) in [7, 11) is 0. The van der Waals surface area contributed by atoms with Crippen LogP contribution in [0.1, 0.15) is 21.6 Å². The monoisotopic (exact) mass is 198 g/mol. The van der Waals surface area contributed by atoms with Gasteiger partial charge in [0, 0.05) is 5.56 Å². The normalized spacial score (nSPS) is 9.93. The maximum absolute atomic E-state index is 10.6. The quantitative estimate of drug-likeness (QED) is 0.408. The minimum atomic E-state index is -0.502. The van der Waals surface area contributed by atoms with Crippen LogP contribution >= 0.6 is 0 Å². The molecular formula is C8H10N2O4. The van der Waals surface area contributed by atoms with Crippen molar-refractivity contribution >= 4 is 12.1 Å². The fourth-order valence-corrected chi connectivity index (χ4v) is 1.13. The number of aliphatic hydroxyl groups excluding tert-OH is 1. The second-order valence-electron chi connectivity index (χ2n) is 2.67. The van der Waals surface area contributed by atoms with E-state index < -0.39 is 6.61 Å². The first kappa shape index (κ1) is 10.4. The van der Waals surface area contributed by atoms with E-state index in [-0.39, 0.29) is 28.4 Å². The lowest BCUT2D eigenvalue weighted by Gasteiger charge is -2.10. The summed E-state index contributed by atoms with van der Waals surface area (Å²) in [6, 6.07) is 0. The number of carbonyl (C=O) groups is 1. The number of anilines is 1. The van der Waals surface area contributed by atoms with Crippen molar-refractivity contribution in [2.75, 3.05) is 5.48 Å². The number of hydrogen-bond donors (Lipinski definition) is 4. The highest BCUT2D eigenvalue weighted by Gasteiger charge is 2.15. The van der Waals surface area contributed by atoms with Crippen molar-refractivity contribution in [3.63, 3.8) is 0 Å². The molecule has 0 aliphatic heterocycles. The fourth-order valence-electron chi connectivity index (χ4n) is 1.13. The van der Waals surface area contributed by atoms with Crippen LogP contribution in [0.2, 0.25) is 0 Å². The van der Waals surface area contributed by atoms with Gasteiger partial charge in [-0.15, -0.1) is 0 Å². The van der Waals surface area contributed by atoms with Crippen LogP contribution in [-0.4, -0.2) is 26.7 Å². The first-order valence-electron chi connectivity index (χ1n) is 3.84. The Bertz CT molecular complexity index is 365. The molecule has 0 aliphatic rings. The van der Waals surface area contributed by atoms with Gasteiger partial charge in [0.2, 0.25) is 0 Å². The second-order valence-corrected chi connectivity index (χ2v) is 2.67. The third-order valence-corrected chi connectivity index (χ3v) is 1.87. The van der Waals surface area contributed by atoms with Gasteiger partial charge in [-0.2, -0.15) is 0 Å². The highest BCUT2D eigenvalue weighted by atomic mass is 16.5. The number of pyridine rings is 1. The summed E-state index contributed by atoms with van der Waals surface area (Å²) in [5.74, 6) is -0.326. The van der Waals surface area contributed by atoms with Crippen LogP contribution in [0.4, 0.5) is 5.82 Å². The largest absolute Gasteiger partial charge is 0.505 e. The Morgan fingerprint density at radius 1 is 1.57 bits per heavy atom. The van der Waals surface area contributed by atoms with E-state index in [1.165, 1.54) is 6.92 Å². The first-order valence-corrected chi connectivity index (χ1v) is 3.84. The minimum absolute atomic E-state index is 0.0371. The molecule has 0 aliphatic carbocycles. The molecule has 0 atom stereocenters. The molecule has 1 aromatic heterocycles. The molecule has 0 saturated carbocycles. The van der Waals surface area contributed by atoms with Crippen molar-refractivity contribution in [3.05, 3.63) is 16.8 Å². The van der Waals surface area contributed by atoms with E-state index >= 15 is 0 Å². The maximum Gasteiger partial charge on any atom is 0.156 e. The lowest BCUT2D eigenvalue weighted by Crippen LogP contribution is -2.05. The van der Waals surface area contributed by atoms with Gasteiger partial charge >= 0.3 is 0 Å². The molecule has 1 rings (SSSR count). The number of carbonyl (C=O) groups excluding carboxylic acids is 1. The van der Waals surface area contributed by atoms with E-state index in [4.69, 9.17) is 10.3 Å². The van der Waals surface area contributed by atoms with Crippen LogP contribution in [0.25, 0.3) is 0 Å². The average molecular weight is 198 g/mol. The summed E-state index contributed by atoms with van der Waals surface area (Å²) in [5, 5.41) is 27.0. The first-order chi connectivity index (χ1) is 6.65. The molecule has 1 heterocycles. The lowest BCUT2D eigenvalue weighted by atomic mass is 10.1. The van der Waals surface area contributed by atoms with Crippen molar-refractivity contribution < 1.29 is 20.2 Å². The van der Waals surface area contributed by atoms with Crippen LogP contribution in [0, 0.1) is 6.92 Å². The van der Waals surface area contributed by atoms with E-state index in [2.05, 4.69) is 4.98 Å². The van der Waals surface area contributed by atoms with Crippen LogP contribution in [0.5, 0.6) is 5.75 Å². The molecule has 0 spiro atoms. The van der Waals surface area contributed by atoms with Gasteiger partial charge in [-0.1, -0.05) is 0 Å². The van der Waals surface area contributed by atoms with Gasteiger partial charge in [0.05, 0.1) is 17.9 Å². The Morgan fingerprint density at radius 3 is 2.64 bits per heavy atom. The SMILES string of the molecule is Cc1nc(NO)c(CO)c(C=O)c1O. The molecular weight excluding hydrogens is 188 g/mol. The predicted molar refractivity (Wildman–Crippen MR) is 47.4 cm³/mol. The lowest BCUT2D eigenvalue weighted by molar-refractivity contribution is 0.111. The number of aromatic hydroxyl groups is 1. The Labute approximate surface area is 79.8 Å². The van der Waals surface area contributed by atoms with Gasteiger partial charge < -0.3 is 10.2 Å². The average Bonchev–Trinajstić information content (AvgIpc) is 2.20. The number of aromatic nitrogens is 1. The number of nitrogens with zero attached hydrogens (tertiary/aromatic N) is 1. The van der Waals surface area contributed by atoms with Gasteiger partial charge in [0.25, 0.3) is 0 Å². The van der Waals surface area contributed by atoms with Gasteiger partial charge in [0.15, 0.2) is 12.1 Å². The molecule has 0 aromatic carbocycles. The highest BCUT2D eigenvalue weighted by molar-refractivity contribution is 5.84. The van der Waals surface area contributed by atoms with Gasteiger partial charge in [-0.3, -0.25) is 15.5 Å². The van der Waals surface area contributed by atoms with Crippen LogP contribution in [-0.2, 0) is 6.61 Å². The molecule has 0 unspecified atom stereocenters. The van der Waals surface area contributed by atoms with E-state index in [0.717, 1.165) is 0 Å². The summed E-state index contributed by atoms with van der Waals surface area (Å²) in [6.07, 6.45) is 0.399. The van der Waals surface area contributed by atoms with Crippen LogP contribution in [0.15, 0.2) is 0 Å². The number of hydrogen-bond acceptors (Lipinski definition) is 6. The third kappa shape index (κ3) is 1.52. The molecule has 6 heteroatoms. The van der Waals surface area contributed by atoms with Crippen molar-refractivity contribution in [2.24, 2.45) is 0 Å². The topological polar surface area (TPSA) is 103 Å². The number of nitrogens with one attached hydrogen (secondary N) is 1. The summed E-state index contributed by atoms with van der Waals surface area (Å²) in [6.45, 7) is 0.974. The Balaban J connectivity index is 3.49.